The van der Waals surface area contributed by atoms with Crippen molar-refractivity contribution in [2.24, 2.45) is 0 Å². The second kappa shape index (κ2) is 9.25. The summed E-state index contributed by atoms with van der Waals surface area (Å²) in [5, 5.41) is 3.05. The topological polar surface area (TPSA) is 55.4 Å². The van der Waals surface area contributed by atoms with Gasteiger partial charge in [-0.1, -0.05) is 66.2 Å². The molecule has 0 radical (unpaired) electrons. The highest BCUT2D eigenvalue weighted by Gasteiger charge is 2.42. The molecule has 2 aliphatic rings. The van der Waals surface area contributed by atoms with Crippen LogP contribution < -0.4 is 5.32 Å². The Morgan fingerprint density at radius 3 is 2.53 bits per heavy atom. The molecule has 1 amide bonds. The number of carbonyl (C=O) groups is 2. The van der Waals surface area contributed by atoms with E-state index in [0.29, 0.717) is 5.56 Å². The van der Waals surface area contributed by atoms with Gasteiger partial charge in [-0.15, -0.1) is 11.3 Å². The van der Waals surface area contributed by atoms with E-state index < -0.39 is 11.9 Å². The molecule has 0 spiro atoms. The van der Waals surface area contributed by atoms with E-state index in [4.69, 9.17) is 4.74 Å². The van der Waals surface area contributed by atoms with Crippen LogP contribution in [0.25, 0.3) is 6.08 Å². The molecule has 5 heteroatoms. The van der Waals surface area contributed by atoms with E-state index in [2.05, 4.69) is 42.6 Å². The lowest BCUT2D eigenvalue weighted by Gasteiger charge is -2.23. The molecule has 2 heterocycles. The number of benzene rings is 3. The van der Waals surface area contributed by atoms with Crippen LogP contribution in [-0.2, 0) is 22.6 Å². The smallest absolute Gasteiger partial charge is 0.338 e. The molecule has 4 aromatic rings. The maximum atomic E-state index is 13.4. The average molecular weight is 492 g/mol. The van der Waals surface area contributed by atoms with E-state index in [1.165, 1.54) is 15.3 Å². The summed E-state index contributed by atoms with van der Waals surface area (Å²) < 4.78 is 5.57. The monoisotopic (exact) mass is 491 g/mol. The molecule has 36 heavy (non-hydrogen) atoms. The maximum Gasteiger partial charge on any atom is 0.338 e. The minimum Gasteiger partial charge on any atom is -0.457 e. The molecule has 1 N–H and O–H groups in total. The van der Waals surface area contributed by atoms with Crippen LogP contribution in [0.1, 0.15) is 54.2 Å². The van der Waals surface area contributed by atoms with Crippen molar-refractivity contribution in [3.05, 3.63) is 128 Å². The Morgan fingerprint density at radius 2 is 1.72 bits per heavy atom. The van der Waals surface area contributed by atoms with Gasteiger partial charge in [-0.3, -0.25) is 4.79 Å². The molecule has 6 rings (SSSR count). The van der Waals surface area contributed by atoms with Crippen molar-refractivity contribution >= 4 is 35.0 Å². The minimum absolute atomic E-state index is 0.0326. The highest BCUT2D eigenvalue weighted by atomic mass is 32.1. The highest BCUT2D eigenvalue weighted by Crippen LogP contribution is 2.51. The molecule has 4 nitrogen and oxygen atoms in total. The number of hydrogen-bond donors (Lipinski definition) is 1. The fourth-order valence-electron chi connectivity index (χ4n) is 5.30. The Hall–Kier alpha value is -3.96. The van der Waals surface area contributed by atoms with Crippen LogP contribution in [0.4, 0.5) is 5.69 Å². The molecule has 2 atom stereocenters. The number of carbonyl (C=O) groups excluding carboxylic acids is 2. The summed E-state index contributed by atoms with van der Waals surface area (Å²) in [5.74, 6) is -0.913. The van der Waals surface area contributed by atoms with Crippen molar-refractivity contribution in [3.63, 3.8) is 0 Å². The second-order valence-electron chi connectivity index (χ2n) is 9.35. The standard InChI is InChI=1S/C31H25NO3S/c1-19-11-13-24(36-19)16-23-15-21-9-5-6-10-25(21)28(23)29-26-17-22(12-14-27(26)32-30(29)33)31(34)35-18-20-7-3-2-4-8-20/h2-15,17,28-29H,16,18H2,1H3,(H,32,33). The zero-order valence-electron chi connectivity index (χ0n) is 19.9. The summed E-state index contributed by atoms with van der Waals surface area (Å²) in [6, 6.07) is 27.6. The molecule has 0 saturated heterocycles. The number of fused-ring (bicyclic) bond motifs is 2. The van der Waals surface area contributed by atoms with Crippen molar-refractivity contribution in [1.82, 2.24) is 0 Å². The van der Waals surface area contributed by atoms with Gasteiger partial charge in [-0.05, 0) is 59.5 Å². The van der Waals surface area contributed by atoms with Crippen LogP contribution in [0.3, 0.4) is 0 Å². The van der Waals surface area contributed by atoms with Crippen LogP contribution in [0, 0.1) is 6.92 Å². The van der Waals surface area contributed by atoms with E-state index in [-0.39, 0.29) is 18.4 Å². The van der Waals surface area contributed by atoms with Gasteiger partial charge >= 0.3 is 5.97 Å². The average Bonchev–Trinajstić information content (AvgIpc) is 3.56. The number of hydrogen-bond acceptors (Lipinski definition) is 4. The van der Waals surface area contributed by atoms with Gasteiger partial charge in [0.25, 0.3) is 0 Å². The van der Waals surface area contributed by atoms with Crippen molar-refractivity contribution in [3.8, 4) is 0 Å². The highest BCUT2D eigenvalue weighted by molar-refractivity contribution is 7.11. The molecule has 2 unspecified atom stereocenters. The lowest BCUT2D eigenvalue weighted by molar-refractivity contribution is -0.117. The summed E-state index contributed by atoms with van der Waals surface area (Å²) in [7, 11) is 0. The predicted octanol–water partition coefficient (Wildman–Crippen LogP) is 6.87. The van der Waals surface area contributed by atoms with Crippen molar-refractivity contribution in [2.75, 3.05) is 5.32 Å². The first-order valence-corrected chi connectivity index (χ1v) is 12.9. The minimum atomic E-state index is -0.405. The Bertz CT molecular complexity index is 1500. The number of esters is 1. The largest absolute Gasteiger partial charge is 0.457 e. The van der Waals surface area contributed by atoms with Crippen LogP contribution >= 0.6 is 11.3 Å². The van der Waals surface area contributed by atoms with Crippen molar-refractivity contribution in [2.45, 2.75) is 31.8 Å². The molecule has 1 aromatic heterocycles. The van der Waals surface area contributed by atoms with Crippen LogP contribution in [0.5, 0.6) is 0 Å². The Kier molecular flexibility index (Phi) is 5.78. The fourth-order valence-corrected chi connectivity index (χ4v) is 6.23. The van der Waals surface area contributed by atoms with Crippen molar-refractivity contribution < 1.29 is 14.3 Å². The maximum absolute atomic E-state index is 13.4. The first-order chi connectivity index (χ1) is 17.6. The zero-order valence-corrected chi connectivity index (χ0v) is 20.7. The van der Waals surface area contributed by atoms with E-state index in [9.17, 15) is 9.59 Å². The third kappa shape index (κ3) is 4.16. The van der Waals surface area contributed by atoms with Crippen LogP contribution in [0.15, 0.2) is 90.5 Å². The van der Waals surface area contributed by atoms with E-state index in [1.807, 2.05) is 54.6 Å². The molecule has 3 aromatic carbocycles. The lowest BCUT2D eigenvalue weighted by atomic mass is 9.78. The van der Waals surface area contributed by atoms with Crippen LogP contribution in [0.2, 0.25) is 0 Å². The van der Waals surface area contributed by atoms with E-state index >= 15 is 0 Å². The first kappa shape index (κ1) is 22.5. The normalized spacial score (nSPS) is 17.8. The number of anilines is 1. The van der Waals surface area contributed by atoms with Crippen LogP contribution in [-0.4, -0.2) is 11.9 Å². The molecule has 0 saturated carbocycles. The fraction of sp³-hybridized carbons (Fsp3) is 0.161. The molecule has 0 fully saturated rings. The number of thiophene rings is 1. The third-order valence-electron chi connectivity index (χ3n) is 6.95. The number of rotatable bonds is 6. The molecule has 1 aliphatic carbocycles. The Balaban J connectivity index is 1.32. The summed E-state index contributed by atoms with van der Waals surface area (Å²) in [6.07, 6.45) is 3.04. The van der Waals surface area contributed by atoms with E-state index in [1.54, 1.807) is 17.4 Å². The summed E-state index contributed by atoms with van der Waals surface area (Å²) >= 11 is 1.79. The number of aryl methyl sites for hydroxylation is 1. The zero-order chi connectivity index (χ0) is 24.6. The SMILES string of the molecule is Cc1ccc(CC2=Cc3ccccc3C2C2C(=O)Nc3ccc(C(=O)OCc4ccccc4)cc32)s1. The van der Waals surface area contributed by atoms with E-state index in [0.717, 1.165) is 34.4 Å². The Labute approximate surface area is 214 Å². The second-order valence-corrected chi connectivity index (χ2v) is 10.7. The van der Waals surface area contributed by atoms with Gasteiger partial charge in [-0.2, -0.15) is 0 Å². The first-order valence-electron chi connectivity index (χ1n) is 12.1. The molecule has 1 aliphatic heterocycles. The number of ether oxygens (including phenoxy) is 1. The lowest BCUT2D eigenvalue weighted by Crippen LogP contribution is -2.20. The van der Waals surface area contributed by atoms with Crippen molar-refractivity contribution in [1.29, 1.82) is 0 Å². The van der Waals surface area contributed by atoms with Gasteiger partial charge in [0, 0.05) is 27.8 Å². The number of nitrogens with one attached hydrogen (secondary N) is 1. The predicted molar refractivity (Wildman–Crippen MR) is 143 cm³/mol. The van der Waals surface area contributed by atoms with Gasteiger partial charge in [0.1, 0.15) is 6.61 Å². The Morgan fingerprint density at radius 1 is 0.917 bits per heavy atom. The van der Waals surface area contributed by atoms with Gasteiger partial charge in [0.05, 0.1) is 11.5 Å². The molecule has 178 valence electrons. The molecular formula is C31H25NO3S. The summed E-state index contributed by atoms with van der Waals surface area (Å²) in [5.41, 5.74) is 6.54. The molecule has 0 bridgehead atoms. The number of allylic oxidation sites excluding steroid dienone is 1. The summed E-state index contributed by atoms with van der Waals surface area (Å²) in [4.78, 5) is 28.8. The third-order valence-corrected chi connectivity index (χ3v) is 7.96. The summed E-state index contributed by atoms with van der Waals surface area (Å²) in [6.45, 7) is 2.32. The van der Waals surface area contributed by atoms with Gasteiger partial charge in [-0.25, -0.2) is 4.79 Å². The molecular weight excluding hydrogens is 466 g/mol. The van der Waals surface area contributed by atoms with Gasteiger partial charge in [0.15, 0.2) is 0 Å². The van der Waals surface area contributed by atoms with Gasteiger partial charge in [0.2, 0.25) is 5.91 Å². The van der Waals surface area contributed by atoms with Gasteiger partial charge < -0.3 is 10.1 Å². The quantitative estimate of drug-likeness (QED) is 0.299. The number of amides is 1.